The molecule has 0 aromatic carbocycles. The van der Waals surface area contributed by atoms with Gasteiger partial charge < -0.3 is 0 Å². The van der Waals surface area contributed by atoms with E-state index in [0.29, 0.717) is 0 Å². The van der Waals surface area contributed by atoms with Crippen molar-refractivity contribution in [3.63, 3.8) is 0 Å². The minimum atomic E-state index is -9.68. The van der Waals surface area contributed by atoms with Crippen LogP contribution in [0.3, 0.4) is 0 Å². The summed E-state index contributed by atoms with van der Waals surface area (Å²) in [5.41, 5.74) is 0. The van der Waals surface area contributed by atoms with Gasteiger partial charge in [0.2, 0.25) is 0 Å². The summed E-state index contributed by atoms with van der Waals surface area (Å²) in [6.45, 7) is 0. The number of rotatable bonds is 0. The second kappa shape index (κ2) is 12.3. The molecule has 0 fully saturated rings. The average Bonchev–Trinajstić information content (AvgIpc) is 0.592. The van der Waals surface area contributed by atoms with Gasteiger partial charge in [0.25, 0.3) is 0 Å². The van der Waals surface area contributed by atoms with Gasteiger partial charge in [-0.15, -0.1) is 0 Å². The van der Waals surface area contributed by atoms with Gasteiger partial charge >= 0.3 is 216 Å². The zero-order valence-corrected chi connectivity index (χ0v) is 23.2. The fraction of sp³-hybridized carbons (Fsp3) is 0. The Labute approximate surface area is 210 Å². The Morgan fingerprint density at radius 1 is 0.385 bits per heavy atom. The fourth-order valence-corrected chi connectivity index (χ4v) is 0. The van der Waals surface area contributed by atoms with Crippen LogP contribution in [0.15, 0.2) is 0 Å². The summed E-state index contributed by atoms with van der Waals surface area (Å²) in [6, 6.07) is 0. The van der Waals surface area contributed by atoms with Gasteiger partial charge in [-0.3, -0.25) is 0 Å². The van der Waals surface area contributed by atoms with E-state index in [4.69, 9.17) is 20.8 Å². The molecule has 0 saturated carbocycles. The summed E-state index contributed by atoms with van der Waals surface area (Å²) in [4.78, 5) is 0. The number of hydrogen-bond acceptors (Lipinski definition) is 6. The van der Waals surface area contributed by atoms with Crippen molar-refractivity contribution in [2.45, 2.75) is 0 Å². The zero-order chi connectivity index (χ0) is 6.41. The first-order chi connectivity index (χ1) is 2.45. The van der Waals surface area contributed by atoms with E-state index in [1.165, 1.54) is 0 Å². The van der Waals surface area contributed by atoms with Crippen molar-refractivity contribution in [2.24, 2.45) is 0 Å². The summed E-state index contributed by atoms with van der Waals surface area (Å²) in [5, 5.41) is 0. The van der Waals surface area contributed by atoms with E-state index in [9.17, 15) is 0 Å². The molecule has 0 aliphatic heterocycles. The van der Waals surface area contributed by atoms with Crippen molar-refractivity contribution in [2.75, 3.05) is 0 Å². The molecule has 0 aliphatic rings. The second-order valence-electron chi connectivity index (χ2n) is 1.02. The van der Waals surface area contributed by atoms with E-state index in [2.05, 4.69) is 0 Å². The van der Waals surface area contributed by atoms with Crippen molar-refractivity contribution in [1.82, 2.24) is 0 Å². The summed E-state index contributed by atoms with van der Waals surface area (Å²) in [7, 11) is 0. The fourth-order valence-electron chi connectivity index (χ4n) is 0. The Morgan fingerprint density at radius 2 is 0.385 bits per heavy atom. The molecule has 0 bridgehead atoms. The molecule has 13 heteroatoms. The van der Waals surface area contributed by atoms with Gasteiger partial charge in [0.15, 0.2) is 0 Å². The molecule has 13 heavy (non-hydrogen) atoms. The van der Waals surface area contributed by atoms with Crippen molar-refractivity contribution in [1.29, 1.82) is 0 Å². The first kappa shape index (κ1) is 42.7. The van der Waals surface area contributed by atoms with Gasteiger partial charge in [0.1, 0.15) is 0 Å². The third-order valence-corrected chi connectivity index (χ3v) is 0. The molecule has 0 aromatic heterocycles. The predicted molar refractivity (Wildman–Crippen MR) is 5.75 cm³/mol. The normalized spacial score (nSPS) is 12.5. The van der Waals surface area contributed by atoms with Crippen LogP contribution in [0.1, 0.15) is 0 Å². The second-order valence-corrected chi connectivity index (χ2v) is 6.85. The van der Waals surface area contributed by atoms with Crippen molar-refractivity contribution in [3.8, 4) is 0 Å². The molecular formula is Na6O6Te. The van der Waals surface area contributed by atoms with E-state index in [1.54, 1.807) is 0 Å². The molecule has 0 saturated heterocycles. The van der Waals surface area contributed by atoms with Gasteiger partial charge in [-0.1, -0.05) is 0 Å². The molecular weight excluding hydrogens is 362 g/mol. The summed E-state index contributed by atoms with van der Waals surface area (Å²) < 4.78 is 52.0. The van der Waals surface area contributed by atoms with Crippen LogP contribution in [0.4, 0.5) is 0 Å². The third-order valence-electron chi connectivity index (χ3n) is 0. The van der Waals surface area contributed by atoms with E-state index >= 15 is 0 Å². The SMILES string of the molecule is [Na+].[Na+].[Na+].[Na+].[Na+].[Na+].[O-][Te]([O-])([O-])([O-])([O-])[O-]. The standard InChI is InChI=1S/6Na.H6O6Te/c;;;;;;1-7(2,3,4,5)6/h;;;;;;1-6H/q6*+1;/p-6. The summed E-state index contributed by atoms with van der Waals surface area (Å²) in [5.74, 6) is 0. The van der Waals surface area contributed by atoms with E-state index in [1.807, 2.05) is 0 Å². The van der Waals surface area contributed by atoms with Gasteiger partial charge in [-0.25, -0.2) is 0 Å². The Balaban J connectivity index is -0.0000000120. The maximum atomic E-state index is 8.67. The van der Waals surface area contributed by atoms with Crippen LogP contribution in [-0.4, -0.2) is 17.9 Å². The molecule has 0 atom stereocenters. The van der Waals surface area contributed by atoms with Crippen LogP contribution in [0, 0.1) is 0 Å². The quantitative estimate of drug-likeness (QED) is 0.393. The first-order valence-electron chi connectivity index (χ1n) is 1.00. The molecule has 0 N–H and O–H groups in total. The van der Waals surface area contributed by atoms with Crippen molar-refractivity contribution >= 4 is 17.9 Å². The average molecular weight is 362 g/mol. The molecule has 0 heterocycles. The Hall–Kier alpha value is 6.55. The first-order valence-corrected chi connectivity index (χ1v) is 6.71. The number of hydrogen-bond donors (Lipinski definition) is 0. The molecule has 6 nitrogen and oxygen atoms in total. The van der Waals surface area contributed by atoms with Gasteiger partial charge in [-0.05, 0) is 0 Å². The van der Waals surface area contributed by atoms with Gasteiger partial charge in [-0.2, -0.15) is 0 Å². The minimum absolute atomic E-state index is 0. The topological polar surface area (TPSA) is 138 Å². The maximum absolute atomic E-state index is 9.68. The van der Waals surface area contributed by atoms with Crippen LogP contribution in [-0.2, 0) is 0 Å². The molecule has 0 unspecified atom stereocenters. The van der Waals surface area contributed by atoms with Gasteiger partial charge in [0, 0.05) is 0 Å². The Morgan fingerprint density at radius 3 is 0.385 bits per heavy atom. The van der Waals surface area contributed by atoms with Crippen molar-refractivity contribution < 1.29 is 198 Å². The monoisotopic (exact) mass is 364 g/mol. The summed E-state index contributed by atoms with van der Waals surface area (Å²) in [6.07, 6.45) is 0. The summed E-state index contributed by atoms with van der Waals surface area (Å²) >= 11 is -9.68. The Kier molecular flexibility index (Phi) is 40.4. The predicted octanol–water partition coefficient (Wildman–Crippen LogP) is -25.5. The molecule has 0 amide bonds. The van der Waals surface area contributed by atoms with E-state index in [0.717, 1.165) is 0 Å². The van der Waals surface area contributed by atoms with E-state index in [-0.39, 0.29) is 177 Å². The van der Waals surface area contributed by atoms with Crippen LogP contribution < -0.4 is 198 Å². The van der Waals surface area contributed by atoms with Crippen LogP contribution in [0.2, 0.25) is 0 Å². The van der Waals surface area contributed by atoms with Crippen molar-refractivity contribution in [3.05, 3.63) is 0 Å². The Bertz CT molecular complexity index is 75.7. The van der Waals surface area contributed by atoms with Crippen LogP contribution >= 0.6 is 0 Å². The van der Waals surface area contributed by atoms with Crippen LogP contribution in [0.5, 0.6) is 0 Å². The molecule has 0 spiro atoms. The zero-order valence-electron chi connectivity index (χ0n) is 8.86. The molecule has 0 radical (unpaired) electrons. The van der Waals surface area contributed by atoms with Crippen LogP contribution in [0.25, 0.3) is 0 Å². The van der Waals surface area contributed by atoms with Gasteiger partial charge in [0.05, 0.1) is 0 Å². The molecule has 0 aliphatic carbocycles. The third kappa shape index (κ3) is 118. The van der Waals surface area contributed by atoms with E-state index < -0.39 is 17.9 Å². The molecule has 0 rings (SSSR count). The molecule has 0 aromatic rings. The molecule has 48 valence electrons.